The third-order valence-electron chi connectivity index (χ3n) is 3.58. The van der Waals surface area contributed by atoms with Crippen LogP contribution in [0.4, 0.5) is 11.5 Å². The van der Waals surface area contributed by atoms with Gasteiger partial charge in [-0.15, -0.1) is 0 Å². The number of fused-ring (bicyclic) bond motifs is 2. The Morgan fingerprint density at radius 1 is 1.12 bits per heavy atom. The van der Waals surface area contributed by atoms with E-state index in [1.165, 1.54) is 12.3 Å². The molecule has 0 radical (unpaired) electrons. The molecular weight excluding hydrogens is 312 g/mol. The Bertz CT molecular complexity index is 778. The molecule has 0 atom stereocenters. The lowest BCUT2D eigenvalue weighted by molar-refractivity contribution is -0.385. The molecule has 3 rings (SSSR count). The number of amides is 1. The van der Waals surface area contributed by atoms with E-state index >= 15 is 0 Å². The molecule has 0 unspecified atom stereocenters. The summed E-state index contributed by atoms with van der Waals surface area (Å²) in [6.45, 7) is 1.19. The molecule has 24 heavy (non-hydrogen) atoms. The van der Waals surface area contributed by atoms with Crippen LogP contribution >= 0.6 is 0 Å². The fourth-order valence-electron chi connectivity index (χ4n) is 2.36. The van der Waals surface area contributed by atoms with Gasteiger partial charge in [-0.05, 0) is 25.0 Å². The zero-order valence-corrected chi connectivity index (χ0v) is 12.8. The number of nitrogens with zero attached hydrogens (tertiary/aromatic N) is 2. The van der Waals surface area contributed by atoms with E-state index in [2.05, 4.69) is 15.6 Å². The highest BCUT2D eigenvalue weighted by molar-refractivity contribution is 5.97. The monoisotopic (exact) mass is 328 g/mol. The van der Waals surface area contributed by atoms with Gasteiger partial charge in [0, 0.05) is 13.1 Å². The van der Waals surface area contributed by atoms with Crippen LogP contribution in [0.15, 0.2) is 36.5 Å². The van der Waals surface area contributed by atoms with Gasteiger partial charge in [-0.2, -0.15) is 0 Å². The number of carbonyl (C=O) groups excluding carboxylic acids is 1. The summed E-state index contributed by atoms with van der Waals surface area (Å²) < 4.78 is 5.79. The van der Waals surface area contributed by atoms with E-state index in [4.69, 9.17) is 4.74 Å². The smallest absolute Gasteiger partial charge is 0.291 e. The number of anilines is 1. The zero-order chi connectivity index (χ0) is 16.9. The van der Waals surface area contributed by atoms with Gasteiger partial charge in [0.2, 0.25) is 0 Å². The predicted octanol–water partition coefficient (Wildman–Crippen LogP) is 2.72. The number of nitrogens with one attached hydrogen (secondary N) is 2. The third-order valence-corrected chi connectivity index (χ3v) is 3.58. The zero-order valence-electron chi connectivity index (χ0n) is 12.8. The van der Waals surface area contributed by atoms with Gasteiger partial charge in [0.05, 0.1) is 16.6 Å². The number of benzene rings is 1. The molecule has 2 heterocycles. The van der Waals surface area contributed by atoms with E-state index in [-0.39, 0.29) is 17.3 Å². The quantitative estimate of drug-likeness (QED) is 0.616. The van der Waals surface area contributed by atoms with Crippen molar-refractivity contribution in [2.45, 2.75) is 12.8 Å². The van der Waals surface area contributed by atoms with Gasteiger partial charge in [-0.1, -0.05) is 12.1 Å². The van der Waals surface area contributed by atoms with Crippen LogP contribution in [0.1, 0.15) is 23.2 Å². The highest BCUT2D eigenvalue weighted by atomic mass is 16.6. The van der Waals surface area contributed by atoms with Crippen molar-refractivity contribution in [1.82, 2.24) is 10.3 Å². The van der Waals surface area contributed by atoms with Crippen molar-refractivity contribution in [2.75, 3.05) is 18.4 Å². The van der Waals surface area contributed by atoms with Crippen molar-refractivity contribution < 1.29 is 14.5 Å². The highest BCUT2D eigenvalue weighted by Gasteiger charge is 2.18. The normalized spacial score (nSPS) is 14.6. The van der Waals surface area contributed by atoms with Crippen molar-refractivity contribution >= 4 is 17.4 Å². The Morgan fingerprint density at radius 2 is 1.88 bits per heavy atom. The molecule has 1 aromatic heterocycles. The average Bonchev–Trinajstić information content (AvgIpc) is 2.58. The van der Waals surface area contributed by atoms with Crippen molar-refractivity contribution in [3.63, 3.8) is 0 Å². The molecule has 0 saturated carbocycles. The largest absolute Gasteiger partial charge is 0.452 e. The number of para-hydroxylation sites is 1. The highest BCUT2D eigenvalue weighted by Crippen LogP contribution is 2.33. The fraction of sp³-hybridized carbons (Fsp3) is 0.250. The van der Waals surface area contributed by atoms with Crippen LogP contribution < -0.4 is 15.4 Å². The van der Waals surface area contributed by atoms with E-state index in [0.717, 1.165) is 12.8 Å². The molecule has 0 saturated heterocycles. The molecule has 124 valence electrons. The number of pyridine rings is 1. The molecule has 1 aromatic carbocycles. The molecule has 0 aliphatic carbocycles. The predicted molar refractivity (Wildman–Crippen MR) is 87.5 cm³/mol. The fourth-order valence-corrected chi connectivity index (χ4v) is 2.36. The summed E-state index contributed by atoms with van der Waals surface area (Å²) in [5.74, 6) is 0.710. The van der Waals surface area contributed by atoms with Crippen LogP contribution in [0.5, 0.6) is 11.5 Å². The Labute approximate surface area is 138 Å². The lowest BCUT2D eigenvalue weighted by atomic mass is 10.1. The summed E-state index contributed by atoms with van der Waals surface area (Å²) >= 11 is 0. The summed E-state index contributed by atoms with van der Waals surface area (Å²) in [4.78, 5) is 26.8. The van der Waals surface area contributed by atoms with Gasteiger partial charge in [0.15, 0.2) is 11.6 Å². The summed E-state index contributed by atoms with van der Waals surface area (Å²) in [7, 11) is 0. The maximum Gasteiger partial charge on any atom is 0.291 e. The van der Waals surface area contributed by atoms with E-state index < -0.39 is 4.92 Å². The Hall–Kier alpha value is -3.16. The minimum atomic E-state index is -0.536. The average molecular weight is 328 g/mol. The summed E-state index contributed by atoms with van der Waals surface area (Å²) in [6, 6.07) is 8.06. The molecule has 8 nitrogen and oxygen atoms in total. The second-order valence-electron chi connectivity index (χ2n) is 5.29. The Morgan fingerprint density at radius 3 is 2.67 bits per heavy atom. The number of ether oxygens (including phenoxy) is 1. The van der Waals surface area contributed by atoms with E-state index in [9.17, 15) is 14.9 Å². The van der Waals surface area contributed by atoms with E-state index in [1.54, 1.807) is 24.3 Å². The number of carbonyl (C=O) groups is 1. The molecule has 8 heteroatoms. The molecule has 0 spiro atoms. The molecule has 1 aliphatic rings. The van der Waals surface area contributed by atoms with Crippen molar-refractivity contribution in [3.8, 4) is 11.5 Å². The summed E-state index contributed by atoms with van der Waals surface area (Å²) in [6.07, 6.45) is 2.81. The second kappa shape index (κ2) is 6.95. The van der Waals surface area contributed by atoms with Crippen LogP contribution in [-0.2, 0) is 0 Å². The maximum atomic E-state index is 12.3. The second-order valence-corrected chi connectivity index (χ2v) is 5.29. The molecule has 0 fully saturated rings. The van der Waals surface area contributed by atoms with Crippen LogP contribution in [0.2, 0.25) is 0 Å². The lowest BCUT2D eigenvalue weighted by Gasteiger charge is -2.16. The van der Waals surface area contributed by atoms with Crippen LogP contribution in [-0.4, -0.2) is 28.9 Å². The molecule has 1 amide bonds. The topological polar surface area (TPSA) is 106 Å². The first-order valence-electron chi connectivity index (χ1n) is 7.58. The summed E-state index contributed by atoms with van der Waals surface area (Å²) in [5.41, 5.74) is 0.195. The number of aromatic nitrogens is 1. The molecule has 1 aliphatic heterocycles. The molecule has 2 aromatic rings. The minimum absolute atomic E-state index is 0.176. The van der Waals surface area contributed by atoms with Crippen LogP contribution in [0.3, 0.4) is 0 Å². The molecule has 0 bridgehead atoms. The number of rotatable bonds is 1. The molecular formula is C16H16N4O4. The summed E-state index contributed by atoms with van der Waals surface area (Å²) in [5, 5.41) is 16.9. The van der Waals surface area contributed by atoms with Crippen LogP contribution in [0.25, 0.3) is 0 Å². The lowest BCUT2D eigenvalue weighted by Crippen LogP contribution is -2.25. The first-order valence-corrected chi connectivity index (χ1v) is 7.58. The third kappa shape index (κ3) is 3.43. The number of hydrogen-bond acceptors (Lipinski definition) is 6. The minimum Gasteiger partial charge on any atom is -0.452 e. The SMILES string of the molecule is O=C1NCCCCNc2ncc([N+](=O)[O-])cc2Oc2ccccc21. The van der Waals surface area contributed by atoms with Crippen molar-refractivity contribution in [1.29, 1.82) is 0 Å². The van der Waals surface area contributed by atoms with Gasteiger partial charge in [0.25, 0.3) is 11.6 Å². The van der Waals surface area contributed by atoms with Crippen LogP contribution in [0, 0.1) is 10.1 Å². The number of hydrogen-bond donors (Lipinski definition) is 2. The van der Waals surface area contributed by atoms with Gasteiger partial charge < -0.3 is 15.4 Å². The standard InChI is InChI=1S/C16H16N4O4/c21-16-12-5-1-2-6-13(12)24-14-9-11(20(22)23)10-19-15(14)17-7-3-4-8-18-16/h1-2,5-6,9-10H,3-4,7-8H2,(H,17,19)(H,18,21). The van der Waals surface area contributed by atoms with Crippen molar-refractivity contribution in [3.05, 3.63) is 52.2 Å². The van der Waals surface area contributed by atoms with Gasteiger partial charge in [0.1, 0.15) is 11.9 Å². The van der Waals surface area contributed by atoms with E-state index in [0.29, 0.717) is 30.2 Å². The number of nitro groups is 1. The van der Waals surface area contributed by atoms with E-state index in [1.807, 2.05) is 0 Å². The Kier molecular flexibility index (Phi) is 4.55. The van der Waals surface area contributed by atoms with Gasteiger partial charge in [-0.3, -0.25) is 14.9 Å². The first kappa shape index (κ1) is 15.7. The maximum absolute atomic E-state index is 12.3. The van der Waals surface area contributed by atoms with Gasteiger partial charge in [-0.25, -0.2) is 4.98 Å². The first-order chi connectivity index (χ1) is 11.6. The Balaban J connectivity index is 2.04. The molecule has 2 N–H and O–H groups in total. The van der Waals surface area contributed by atoms with Gasteiger partial charge >= 0.3 is 0 Å². The van der Waals surface area contributed by atoms with Crippen molar-refractivity contribution in [2.24, 2.45) is 0 Å².